The molecule has 7 nitrogen and oxygen atoms in total. The lowest BCUT2D eigenvalue weighted by Crippen LogP contribution is -2.31. The fourth-order valence-corrected chi connectivity index (χ4v) is 5.26. The normalized spacial score (nSPS) is 19.7. The van der Waals surface area contributed by atoms with Gasteiger partial charge in [0.1, 0.15) is 5.75 Å². The highest BCUT2D eigenvalue weighted by molar-refractivity contribution is 5.87. The van der Waals surface area contributed by atoms with E-state index in [2.05, 4.69) is 9.97 Å². The van der Waals surface area contributed by atoms with Gasteiger partial charge in [0, 0.05) is 35.3 Å². The van der Waals surface area contributed by atoms with E-state index in [9.17, 15) is 4.39 Å². The number of benzene rings is 2. The Hall–Kier alpha value is -4.37. The third-order valence-electron chi connectivity index (χ3n) is 6.91. The molecule has 0 aliphatic carbocycles. The van der Waals surface area contributed by atoms with Crippen LogP contribution < -0.4 is 10.5 Å². The number of aliphatic imine (C=N–C) groups is 1. The SMILES string of the molecule is NC1=N[C@]2(c3cc(-c4cccnc4F)ccc3Oc3c(F)cc(C4=CCOCC4)cc32)c2nccn21. The molecular weight excluding hydrogens is 464 g/mol. The average Bonchev–Trinajstić information content (AvgIpc) is 3.49. The maximum Gasteiger partial charge on any atom is 0.220 e. The molecular formula is C27H19F2N5O2. The van der Waals surface area contributed by atoms with Gasteiger partial charge in [0.2, 0.25) is 11.9 Å². The summed E-state index contributed by atoms with van der Waals surface area (Å²) in [5.41, 5.74) is 8.72. The molecule has 7 rings (SSSR count). The van der Waals surface area contributed by atoms with Gasteiger partial charge in [0.15, 0.2) is 22.9 Å². The molecule has 1 atom stereocenters. The number of imidazole rings is 1. The molecule has 0 unspecified atom stereocenters. The van der Waals surface area contributed by atoms with Crippen molar-refractivity contribution < 1.29 is 18.3 Å². The number of hydrogen-bond acceptors (Lipinski definition) is 6. The summed E-state index contributed by atoms with van der Waals surface area (Å²) in [5, 5.41) is 0. The van der Waals surface area contributed by atoms with Crippen molar-refractivity contribution in [2.24, 2.45) is 10.7 Å². The summed E-state index contributed by atoms with van der Waals surface area (Å²) in [4.78, 5) is 13.2. The Morgan fingerprint density at radius 1 is 1.00 bits per heavy atom. The van der Waals surface area contributed by atoms with Crippen LogP contribution in [-0.4, -0.2) is 33.7 Å². The van der Waals surface area contributed by atoms with E-state index in [1.807, 2.05) is 12.1 Å². The smallest absolute Gasteiger partial charge is 0.220 e. The van der Waals surface area contributed by atoms with Crippen LogP contribution in [0.15, 0.2) is 72.1 Å². The predicted octanol–water partition coefficient (Wildman–Crippen LogP) is 4.60. The van der Waals surface area contributed by atoms with Crippen LogP contribution in [0.2, 0.25) is 0 Å². The van der Waals surface area contributed by atoms with Gasteiger partial charge in [-0.2, -0.15) is 4.39 Å². The largest absolute Gasteiger partial charge is 0.453 e. The van der Waals surface area contributed by atoms with E-state index in [1.165, 1.54) is 12.3 Å². The molecule has 0 amide bonds. The van der Waals surface area contributed by atoms with Gasteiger partial charge in [-0.1, -0.05) is 12.1 Å². The van der Waals surface area contributed by atoms with Gasteiger partial charge in [0.05, 0.1) is 13.2 Å². The minimum absolute atomic E-state index is 0.0622. The van der Waals surface area contributed by atoms with Gasteiger partial charge in [-0.05, 0) is 59.5 Å². The molecule has 0 saturated heterocycles. The molecule has 0 saturated carbocycles. The summed E-state index contributed by atoms with van der Waals surface area (Å²) in [6.45, 7) is 1.03. The lowest BCUT2D eigenvalue weighted by atomic mass is 9.78. The van der Waals surface area contributed by atoms with Gasteiger partial charge in [-0.25, -0.2) is 19.4 Å². The molecule has 36 heavy (non-hydrogen) atoms. The quantitative estimate of drug-likeness (QED) is 0.421. The van der Waals surface area contributed by atoms with Crippen LogP contribution in [-0.2, 0) is 10.3 Å². The summed E-state index contributed by atoms with van der Waals surface area (Å²) in [5.74, 6) is 0.0654. The molecule has 9 heteroatoms. The van der Waals surface area contributed by atoms with E-state index >= 15 is 4.39 Å². The van der Waals surface area contributed by atoms with Crippen LogP contribution in [0, 0.1) is 11.8 Å². The van der Waals surface area contributed by atoms with E-state index in [0.29, 0.717) is 59.0 Å². The monoisotopic (exact) mass is 483 g/mol. The summed E-state index contributed by atoms with van der Waals surface area (Å²) in [6, 6.07) is 11.9. The zero-order chi connectivity index (χ0) is 24.4. The van der Waals surface area contributed by atoms with Crippen molar-refractivity contribution in [1.82, 2.24) is 14.5 Å². The van der Waals surface area contributed by atoms with Crippen molar-refractivity contribution in [3.8, 4) is 22.6 Å². The number of ether oxygens (including phenoxy) is 2. The number of nitrogens with zero attached hydrogens (tertiary/aromatic N) is 4. The molecule has 4 aromatic rings. The first kappa shape index (κ1) is 21.0. The molecule has 3 aliphatic rings. The second-order valence-electron chi connectivity index (χ2n) is 8.85. The molecule has 2 aromatic heterocycles. The first-order valence-corrected chi connectivity index (χ1v) is 11.5. The third-order valence-corrected chi connectivity index (χ3v) is 6.91. The third kappa shape index (κ3) is 2.83. The first-order valence-electron chi connectivity index (χ1n) is 11.5. The van der Waals surface area contributed by atoms with E-state index in [0.717, 1.165) is 5.57 Å². The minimum atomic E-state index is -1.28. The molecule has 5 heterocycles. The van der Waals surface area contributed by atoms with E-state index in [1.54, 1.807) is 47.3 Å². The predicted molar refractivity (Wildman–Crippen MR) is 129 cm³/mol. The maximum atomic E-state index is 15.7. The number of hydrogen-bond donors (Lipinski definition) is 1. The van der Waals surface area contributed by atoms with E-state index in [4.69, 9.17) is 20.2 Å². The van der Waals surface area contributed by atoms with Crippen molar-refractivity contribution in [2.45, 2.75) is 12.0 Å². The van der Waals surface area contributed by atoms with Crippen LogP contribution in [0.4, 0.5) is 8.78 Å². The molecule has 0 radical (unpaired) electrons. The van der Waals surface area contributed by atoms with Gasteiger partial charge < -0.3 is 15.2 Å². The molecule has 2 aromatic carbocycles. The van der Waals surface area contributed by atoms with Crippen molar-refractivity contribution in [2.75, 3.05) is 13.2 Å². The van der Waals surface area contributed by atoms with Gasteiger partial charge in [-0.15, -0.1) is 0 Å². The zero-order valence-electron chi connectivity index (χ0n) is 18.9. The highest BCUT2D eigenvalue weighted by Gasteiger charge is 2.51. The van der Waals surface area contributed by atoms with Crippen LogP contribution in [0.5, 0.6) is 11.5 Å². The Kier molecular flexibility index (Phi) is 4.40. The van der Waals surface area contributed by atoms with E-state index in [-0.39, 0.29) is 11.7 Å². The fourth-order valence-electron chi connectivity index (χ4n) is 5.26. The van der Waals surface area contributed by atoms with E-state index < -0.39 is 17.3 Å². The highest BCUT2D eigenvalue weighted by Crippen LogP contribution is 2.55. The van der Waals surface area contributed by atoms with Crippen LogP contribution in [0.3, 0.4) is 0 Å². The number of rotatable bonds is 2. The van der Waals surface area contributed by atoms with Crippen LogP contribution in [0.1, 0.15) is 28.9 Å². The fraction of sp³-hybridized carbons (Fsp3) is 0.148. The van der Waals surface area contributed by atoms with Crippen molar-refractivity contribution >= 4 is 11.5 Å². The second kappa shape index (κ2) is 7.56. The molecule has 2 N–H and O–H groups in total. The maximum absolute atomic E-state index is 15.7. The highest BCUT2D eigenvalue weighted by atomic mass is 19.1. The Labute approximate surface area is 204 Å². The van der Waals surface area contributed by atoms with Crippen molar-refractivity contribution in [3.63, 3.8) is 0 Å². The second-order valence-corrected chi connectivity index (χ2v) is 8.85. The number of fused-ring (bicyclic) bond motifs is 6. The van der Waals surface area contributed by atoms with Gasteiger partial charge >= 0.3 is 0 Å². The first-order chi connectivity index (χ1) is 17.6. The number of aromatic nitrogens is 3. The van der Waals surface area contributed by atoms with Crippen LogP contribution in [0.25, 0.3) is 16.7 Å². The summed E-state index contributed by atoms with van der Waals surface area (Å²) >= 11 is 0. The minimum Gasteiger partial charge on any atom is -0.453 e. The Bertz CT molecular complexity index is 1630. The molecule has 178 valence electrons. The summed E-state index contributed by atoms with van der Waals surface area (Å²) in [7, 11) is 0. The Balaban J connectivity index is 1.53. The molecule has 1 spiro atoms. The Morgan fingerprint density at radius 2 is 1.89 bits per heavy atom. The van der Waals surface area contributed by atoms with Gasteiger partial charge in [-0.3, -0.25) is 4.57 Å². The number of pyridine rings is 1. The summed E-state index contributed by atoms with van der Waals surface area (Å²) in [6.07, 6.45) is 7.34. The standard InChI is InChI=1S/C27H19F2N5O2/c28-21-14-17(15-5-10-35-11-6-15)13-20-23(21)36-22-4-3-16(18-2-1-7-31-24(18)29)12-19(22)27(20)25-32-8-9-34(25)26(30)33-27/h1-5,7-9,12-14H,6,10-11H2,(H2,30,33)/t27-/m0/s1. The molecule has 3 aliphatic heterocycles. The number of nitrogens with two attached hydrogens (primary N) is 1. The van der Waals surface area contributed by atoms with Gasteiger partial charge in [0.25, 0.3) is 0 Å². The summed E-state index contributed by atoms with van der Waals surface area (Å²) < 4.78 is 43.5. The average molecular weight is 483 g/mol. The topological polar surface area (TPSA) is 87.6 Å². The lowest BCUT2D eigenvalue weighted by Gasteiger charge is -2.35. The molecule has 0 bridgehead atoms. The zero-order valence-corrected chi connectivity index (χ0v) is 18.9. The van der Waals surface area contributed by atoms with Crippen molar-refractivity contribution in [1.29, 1.82) is 0 Å². The Morgan fingerprint density at radius 3 is 2.72 bits per heavy atom. The number of halogens is 2. The molecule has 0 fully saturated rings. The lowest BCUT2D eigenvalue weighted by molar-refractivity contribution is 0.161. The van der Waals surface area contributed by atoms with Crippen molar-refractivity contribution in [3.05, 3.63) is 101 Å². The van der Waals surface area contributed by atoms with Crippen LogP contribution >= 0.6 is 0 Å².